The molecule has 2 N–H and O–H groups in total. The normalized spacial score (nSPS) is 10.4. The number of benzene rings is 2. The van der Waals surface area contributed by atoms with Crippen molar-refractivity contribution in [1.29, 1.82) is 0 Å². The van der Waals surface area contributed by atoms with Crippen molar-refractivity contribution in [1.82, 2.24) is 9.97 Å². The predicted molar refractivity (Wildman–Crippen MR) is 99.2 cm³/mol. The Bertz CT molecular complexity index is 819. The van der Waals surface area contributed by atoms with Gasteiger partial charge in [0.1, 0.15) is 5.82 Å². The van der Waals surface area contributed by atoms with E-state index in [1.165, 1.54) is 5.56 Å². The van der Waals surface area contributed by atoms with E-state index in [1.807, 2.05) is 49.5 Å². The molecule has 1 aromatic heterocycles. The molecule has 23 heavy (non-hydrogen) atoms. The molecule has 116 valence electrons. The highest BCUT2D eigenvalue weighted by molar-refractivity contribution is 9.10. The highest BCUT2D eigenvalue weighted by atomic mass is 79.9. The molecule has 5 heteroatoms. The topological polar surface area (TPSA) is 49.8 Å². The zero-order valence-corrected chi connectivity index (χ0v) is 14.6. The van der Waals surface area contributed by atoms with E-state index in [9.17, 15) is 0 Å². The molecule has 0 spiro atoms. The second kappa shape index (κ2) is 6.79. The van der Waals surface area contributed by atoms with Gasteiger partial charge in [0.25, 0.3) is 0 Å². The van der Waals surface area contributed by atoms with E-state index < -0.39 is 0 Å². The molecule has 0 radical (unpaired) electrons. The lowest BCUT2D eigenvalue weighted by Crippen LogP contribution is -2.02. The molecule has 0 saturated heterocycles. The maximum absolute atomic E-state index is 4.53. The summed E-state index contributed by atoms with van der Waals surface area (Å²) >= 11 is 3.58. The van der Waals surface area contributed by atoms with Gasteiger partial charge < -0.3 is 10.6 Å². The maximum atomic E-state index is 4.53. The minimum absolute atomic E-state index is 0.581. The number of halogens is 1. The highest BCUT2D eigenvalue weighted by Crippen LogP contribution is 2.28. The molecule has 0 atom stereocenters. The molecular weight excluding hydrogens is 352 g/mol. The molecule has 0 unspecified atom stereocenters. The van der Waals surface area contributed by atoms with Crippen molar-refractivity contribution in [2.24, 2.45) is 0 Å². The summed E-state index contributed by atoms with van der Waals surface area (Å²) in [5.41, 5.74) is 4.09. The van der Waals surface area contributed by atoms with E-state index in [1.54, 1.807) is 0 Å². The largest absolute Gasteiger partial charge is 0.357 e. The Labute approximate surface area is 144 Å². The van der Waals surface area contributed by atoms with Crippen molar-refractivity contribution in [3.8, 4) is 11.3 Å². The van der Waals surface area contributed by atoms with Gasteiger partial charge in [-0.1, -0.05) is 36.4 Å². The fourth-order valence-corrected chi connectivity index (χ4v) is 2.83. The number of rotatable bonds is 4. The minimum atomic E-state index is 0.581. The first-order valence-electron chi connectivity index (χ1n) is 7.31. The number of aryl methyl sites for hydroxylation is 1. The van der Waals surface area contributed by atoms with E-state index in [0.717, 1.165) is 27.2 Å². The van der Waals surface area contributed by atoms with Crippen LogP contribution in [0.15, 0.2) is 59.1 Å². The van der Waals surface area contributed by atoms with Crippen LogP contribution in [-0.2, 0) is 0 Å². The summed E-state index contributed by atoms with van der Waals surface area (Å²) in [4.78, 5) is 9.01. The summed E-state index contributed by atoms with van der Waals surface area (Å²) in [6, 6.07) is 18.2. The molecule has 1 heterocycles. The van der Waals surface area contributed by atoms with Gasteiger partial charge in [-0.05, 0) is 40.5 Å². The summed E-state index contributed by atoms with van der Waals surface area (Å²) in [5, 5.41) is 6.36. The van der Waals surface area contributed by atoms with Crippen LogP contribution in [0, 0.1) is 6.92 Å². The lowest BCUT2D eigenvalue weighted by Gasteiger charge is -2.11. The van der Waals surface area contributed by atoms with Gasteiger partial charge in [0, 0.05) is 23.2 Å². The van der Waals surface area contributed by atoms with Crippen LogP contribution < -0.4 is 10.6 Å². The van der Waals surface area contributed by atoms with Gasteiger partial charge in [-0.15, -0.1) is 0 Å². The van der Waals surface area contributed by atoms with Crippen molar-refractivity contribution < 1.29 is 0 Å². The monoisotopic (exact) mass is 368 g/mol. The molecule has 0 aliphatic carbocycles. The molecule has 0 fully saturated rings. The summed E-state index contributed by atoms with van der Waals surface area (Å²) in [6.45, 7) is 2.06. The molecule has 0 bridgehead atoms. The summed E-state index contributed by atoms with van der Waals surface area (Å²) < 4.78 is 1.00. The van der Waals surface area contributed by atoms with Gasteiger partial charge in [0.2, 0.25) is 5.95 Å². The predicted octanol–water partition coefficient (Wildman–Crippen LogP) is 5.00. The van der Waals surface area contributed by atoms with Crippen LogP contribution in [0.5, 0.6) is 0 Å². The number of hydrogen-bond donors (Lipinski definition) is 2. The first-order valence-corrected chi connectivity index (χ1v) is 8.10. The molecule has 0 amide bonds. The van der Waals surface area contributed by atoms with Crippen LogP contribution in [0.3, 0.4) is 0 Å². The third-order valence-electron chi connectivity index (χ3n) is 3.41. The number of nitrogens with one attached hydrogen (secondary N) is 2. The fraction of sp³-hybridized carbons (Fsp3) is 0.111. The number of anilines is 3. The molecule has 2 aromatic carbocycles. The van der Waals surface area contributed by atoms with Crippen LogP contribution in [0.4, 0.5) is 17.5 Å². The van der Waals surface area contributed by atoms with Crippen LogP contribution in [0.2, 0.25) is 0 Å². The zero-order valence-electron chi connectivity index (χ0n) is 13.0. The van der Waals surface area contributed by atoms with Gasteiger partial charge in [-0.25, -0.2) is 4.98 Å². The van der Waals surface area contributed by atoms with Crippen LogP contribution in [0.25, 0.3) is 11.3 Å². The molecular formula is C18H17BrN4. The lowest BCUT2D eigenvalue weighted by atomic mass is 10.1. The molecule has 0 saturated carbocycles. The van der Waals surface area contributed by atoms with E-state index in [0.29, 0.717) is 5.95 Å². The molecule has 0 aliphatic rings. The average Bonchev–Trinajstić information content (AvgIpc) is 2.58. The van der Waals surface area contributed by atoms with E-state index in [4.69, 9.17) is 0 Å². The Kier molecular flexibility index (Phi) is 4.57. The fourth-order valence-electron chi connectivity index (χ4n) is 2.24. The Morgan fingerprint density at radius 2 is 1.74 bits per heavy atom. The Morgan fingerprint density at radius 1 is 0.957 bits per heavy atom. The average molecular weight is 369 g/mol. The van der Waals surface area contributed by atoms with Gasteiger partial charge in [0.05, 0.1) is 11.4 Å². The SMILES string of the molecule is CNc1nc(Nc2ccc(C)cc2Br)cc(-c2ccccc2)n1. The van der Waals surface area contributed by atoms with Gasteiger partial charge in [0.15, 0.2) is 0 Å². The highest BCUT2D eigenvalue weighted by Gasteiger charge is 2.07. The van der Waals surface area contributed by atoms with Crippen molar-refractivity contribution in [3.63, 3.8) is 0 Å². The smallest absolute Gasteiger partial charge is 0.224 e. The minimum Gasteiger partial charge on any atom is -0.357 e. The van der Waals surface area contributed by atoms with Crippen LogP contribution in [-0.4, -0.2) is 17.0 Å². The van der Waals surface area contributed by atoms with Crippen molar-refractivity contribution in [2.75, 3.05) is 17.7 Å². The zero-order chi connectivity index (χ0) is 16.2. The first-order chi connectivity index (χ1) is 11.2. The molecule has 0 aliphatic heterocycles. The second-order valence-corrected chi connectivity index (χ2v) is 6.04. The van der Waals surface area contributed by atoms with Crippen molar-refractivity contribution >= 4 is 33.4 Å². The van der Waals surface area contributed by atoms with Gasteiger partial charge >= 0.3 is 0 Å². The third kappa shape index (κ3) is 3.68. The maximum Gasteiger partial charge on any atom is 0.224 e. The standard InChI is InChI=1S/C18H17BrN4/c1-12-8-9-15(14(19)10-12)21-17-11-16(22-18(20-2)23-17)13-6-4-3-5-7-13/h3-11H,1-2H3,(H2,20,21,22,23). The van der Waals surface area contributed by atoms with E-state index >= 15 is 0 Å². The van der Waals surface area contributed by atoms with Crippen LogP contribution in [0.1, 0.15) is 5.56 Å². The van der Waals surface area contributed by atoms with Crippen molar-refractivity contribution in [3.05, 3.63) is 64.6 Å². The number of hydrogen-bond acceptors (Lipinski definition) is 4. The van der Waals surface area contributed by atoms with Crippen LogP contribution >= 0.6 is 15.9 Å². The first kappa shape index (κ1) is 15.5. The van der Waals surface area contributed by atoms with Gasteiger partial charge in [-0.3, -0.25) is 0 Å². The Morgan fingerprint density at radius 3 is 2.43 bits per heavy atom. The van der Waals surface area contributed by atoms with E-state index in [-0.39, 0.29) is 0 Å². The summed E-state index contributed by atoms with van der Waals surface area (Å²) in [7, 11) is 1.82. The van der Waals surface area contributed by atoms with Gasteiger partial charge in [-0.2, -0.15) is 4.98 Å². The summed E-state index contributed by atoms with van der Waals surface area (Å²) in [6.07, 6.45) is 0. The number of nitrogens with zero attached hydrogens (tertiary/aromatic N) is 2. The second-order valence-electron chi connectivity index (χ2n) is 5.19. The molecule has 3 aromatic rings. The molecule has 3 rings (SSSR count). The summed E-state index contributed by atoms with van der Waals surface area (Å²) in [5.74, 6) is 1.32. The lowest BCUT2D eigenvalue weighted by molar-refractivity contribution is 1.15. The Hall–Kier alpha value is -2.40. The van der Waals surface area contributed by atoms with E-state index in [2.05, 4.69) is 55.6 Å². The molecule has 4 nitrogen and oxygen atoms in total. The Balaban J connectivity index is 1.99. The van der Waals surface area contributed by atoms with Crippen molar-refractivity contribution in [2.45, 2.75) is 6.92 Å². The number of aromatic nitrogens is 2. The quantitative estimate of drug-likeness (QED) is 0.680. The third-order valence-corrected chi connectivity index (χ3v) is 4.06.